The van der Waals surface area contributed by atoms with E-state index in [1.807, 2.05) is 0 Å². The average molecular weight is 249 g/mol. The van der Waals surface area contributed by atoms with Crippen LogP contribution in [0.5, 0.6) is 0 Å². The molecule has 0 saturated carbocycles. The van der Waals surface area contributed by atoms with E-state index in [4.69, 9.17) is 10.2 Å². The Hall–Kier alpha value is -1.64. The fourth-order valence-corrected chi connectivity index (χ4v) is 1.25. The van der Waals surface area contributed by atoms with Crippen LogP contribution in [0, 0.1) is 21.7 Å². The van der Waals surface area contributed by atoms with Gasteiger partial charge in [0.05, 0.1) is 11.5 Å². The first-order valence-electron chi connectivity index (χ1n) is 4.48. The first-order chi connectivity index (χ1) is 7.88. The summed E-state index contributed by atoms with van der Waals surface area (Å²) in [5, 5.41) is 37.2. The fraction of sp³-hybridized carbons (Fsp3) is 0.333. The van der Waals surface area contributed by atoms with Gasteiger partial charge in [-0.1, -0.05) is 0 Å². The molecule has 2 unspecified atom stereocenters. The monoisotopic (exact) mass is 249 g/mol. The van der Waals surface area contributed by atoms with Crippen LogP contribution in [0.4, 0.5) is 14.5 Å². The topological polar surface area (TPSA) is 104 Å². The smallest absolute Gasteiger partial charge is 0.340 e. The highest BCUT2D eigenvalue weighted by atomic mass is 19.1. The van der Waals surface area contributed by atoms with Gasteiger partial charge in [0.1, 0.15) is 12.2 Å². The van der Waals surface area contributed by atoms with E-state index in [0.29, 0.717) is 12.1 Å². The van der Waals surface area contributed by atoms with Crippen LogP contribution >= 0.6 is 0 Å². The lowest BCUT2D eigenvalue weighted by Crippen LogP contribution is -2.22. The second-order valence-electron chi connectivity index (χ2n) is 3.29. The molecular weight excluding hydrogens is 240 g/mol. The van der Waals surface area contributed by atoms with Crippen molar-refractivity contribution in [1.82, 2.24) is 0 Å². The molecule has 0 bridgehead atoms. The zero-order valence-corrected chi connectivity index (χ0v) is 8.38. The van der Waals surface area contributed by atoms with Crippen molar-refractivity contribution in [3.8, 4) is 0 Å². The van der Waals surface area contributed by atoms with E-state index in [2.05, 4.69) is 0 Å². The van der Waals surface area contributed by atoms with Crippen molar-refractivity contribution in [2.45, 2.75) is 12.2 Å². The van der Waals surface area contributed by atoms with Gasteiger partial charge in [0.15, 0.2) is 0 Å². The van der Waals surface area contributed by atoms with Crippen LogP contribution in [-0.2, 0) is 0 Å². The molecule has 0 aliphatic carbocycles. The van der Waals surface area contributed by atoms with Crippen molar-refractivity contribution in [3.63, 3.8) is 0 Å². The van der Waals surface area contributed by atoms with Gasteiger partial charge in [0.25, 0.3) is 0 Å². The molecule has 1 rings (SSSR count). The van der Waals surface area contributed by atoms with Crippen LogP contribution in [0.25, 0.3) is 0 Å². The van der Waals surface area contributed by atoms with E-state index >= 15 is 0 Å². The molecule has 2 atom stereocenters. The molecule has 0 saturated heterocycles. The van der Waals surface area contributed by atoms with Crippen LogP contribution in [0.15, 0.2) is 12.1 Å². The molecule has 0 aromatic heterocycles. The summed E-state index contributed by atoms with van der Waals surface area (Å²) in [6.45, 7) is -0.818. The lowest BCUT2D eigenvalue weighted by molar-refractivity contribution is -0.390. The van der Waals surface area contributed by atoms with Crippen molar-refractivity contribution < 1.29 is 29.0 Å². The fourth-order valence-electron chi connectivity index (χ4n) is 1.25. The number of rotatable bonds is 4. The van der Waals surface area contributed by atoms with E-state index < -0.39 is 46.6 Å². The predicted octanol–water partition coefficient (Wildman–Crippen LogP) is 0.260. The van der Waals surface area contributed by atoms with Gasteiger partial charge in [-0.05, 0) is 17.7 Å². The highest BCUT2D eigenvalue weighted by molar-refractivity contribution is 5.38. The molecule has 0 aliphatic heterocycles. The van der Waals surface area contributed by atoms with E-state index in [9.17, 15) is 24.0 Å². The molecule has 6 nitrogen and oxygen atoms in total. The van der Waals surface area contributed by atoms with Crippen LogP contribution in [0.1, 0.15) is 11.7 Å². The minimum Gasteiger partial charge on any atom is -0.394 e. The summed E-state index contributed by atoms with van der Waals surface area (Å²) in [6, 6.07) is 1.06. The van der Waals surface area contributed by atoms with Gasteiger partial charge in [0.2, 0.25) is 11.6 Å². The Bertz CT molecular complexity index is 416. The third kappa shape index (κ3) is 2.73. The summed E-state index contributed by atoms with van der Waals surface area (Å²) < 4.78 is 26.3. The van der Waals surface area contributed by atoms with Gasteiger partial charge in [-0.3, -0.25) is 10.1 Å². The molecule has 0 heterocycles. The summed E-state index contributed by atoms with van der Waals surface area (Å²) in [5.41, 5.74) is -1.73. The number of nitro groups is 1. The van der Waals surface area contributed by atoms with E-state index in [1.165, 1.54) is 0 Å². The number of benzene rings is 1. The highest BCUT2D eigenvalue weighted by Crippen LogP contribution is 2.27. The summed E-state index contributed by atoms with van der Waals surface area (Å²) in [7, 11) is 0. The first-order valence-corrected chi connectivity index (χ1v) is 4.48. The Kier molecular flexibility index (Phi) is 4.05. The number of aliphatic hydroxyl groups is 3. The Balaban J connectivity index is 3.19. The maximum absolute atomic E-state index is 13.2. The number of hydrogen-bond acceptors (Lipinski definition) is 5. The summed E-state index contributed by atoms with van der Waals surface area (Å²) in [4.78, 5) is 9.05. The zero-order chi connectivity index (χ0) is 13.2. The Labute approximate surface area is 93.9 Å². The molecule has 8 heteroatoms. The highest BCUT2D eigenvalue weighted by Gasteiger charge is 2.26. The van der Waals surface area contributed by atoms with Crippen molar-refractivity contribution in [3.05, 3.63) is 39.4 Å². The average Bonchev–Trinajstić information content (AvgIpc) is 2.25. The van der Waals surface area contributed by atoms with E-state index in [0.717, 1.165) is 0 Å². The largest absolute Gasteiger partial charge is 0.394 e. The standard InChI is InChI=1S/C9H9F2NO5/c10-5-1-4(9(15)7(14)3-13)2-6(11)8(5)12(16)17/h1-2,7,9,13-15H,3H2. The van der Waals surface area contributed by atoms with Gasteiger partial charge in [-0.25, -0.2) is 0 Å². The summed E-state index contributed by atoms with van der Waals surface area (Å²) >= 11 is 0. The SMILES string of the molecule is O=[N+]([O-])c1c(F)cc(C(O)C(O)CO)cc1F. The first kappa shape index (κ1) is 13.4. The number of hydrogen-bond donors (Lipinski definition) is 3. The molecule has 0 spiro atoms. The quantitative estimate of drug-likeness (QED) is 0.524. The maximum Gasteiger partial charge on any atom is 0.340 e. The molecule has 3 N–H and O–H groups in total. The second kappa shape index (κ2) is 5.13. The van der Waals surface area contributed by atoms with Gasteiger partial charge in [-0.2, -0.15) is 8.78 Å². The van der Waals surface area contributed by atoms with Gasteiger partial charge >= 0.3 is 5.69 Å². The van der Waals surface area contributed by atoms with E-state index in [1.54, 1.807) is 0 Å². The van der Waals surface area contributed by atoms with Crippen LogP contribution in [0.3, 0.4) is 0 Å². The van der Waals surface area contributed by atoms with Crippen LogP contribution in [0.2, 0.25) is 0 Å². The van der Waals surface area contributed by atoms with Crippen molar-refractivity contribution in [1.29, 1.82) is 0 Å². The molecule has 0 amide bonds. The molecule has 17 heavy (non-hydrogen) atoms. The van der Waals surface area contributed by atoms with Gasteiger partial charge in [-0.15, -0.1) is 0 Å². The van der Waals surface area contributed by atoms with Gasteiger partial charge < -0.3 is 15.3 Å². The van der Waals surface area contributed by atoms with E-state index in [-0.39, 0.29) is 0 Å². The Morgan fingerprint density at radius 3 is 2.12 bits per heavy atom. The minimum atomic E-state index is -1.73. The summed E-state index contributed by atoms with van der Waals surface area (Å²) in [5.74, 6) is -2.93. The molecular formula is C9H9F2NO5. The predicted molar refractivity (Wildman–Crippen MR) is 51.1 cm³/mol. The second-order valence-corrected chi connectivity index (χ2v) is 3.29. The summed E-state index contributed by atoms with van der Waals surface area (Å²) in [6.07, 6.45) is -3.36. The third-order valence-corrected chi connectivity index (χ3v) is 2.11. The Morgan fingerprint density at radius 1 is 1.29 bits per heavy atom. The van der Waals surface area contributed by atoms with Crippen molar-refractivity contribution in [2.24, 2.45) is 0 Å². The number of halogens is 2. The lowest BCUT2D eigenvalue weighted by atomic mass is 10.0. The van der Waals surface area contributed by atoms with Crippen LogP contribution < -0.4 is 0 Å². The minimum absolute atomic E-state index is 0.396. The van der Waals surface area contributed by atoms with Gasteiger partial charge in [0, 0.05) is 0 Å². The van der Waals surface area contributed by atoms with Crippen LogP contribution in [-0.4, -0.2) is 33.0 Å². The number of aliphatic hydroxyl groups excluding tert-OH is 3. The normalized spacial score (nSPS) is 14.4. The molecule has 0 aliphatic rings. The number of nitrogens with zero attached hydrogens (tertiary/aromatic N) is 1. The Morgan fingerprint density at radius 2 is 1.76 bits per heavy atom. The molecule has 1 aromatic rings. The lowest BCUT2D eigenvalue weighted by Gasteiger charge is -2.15. The maximum atomic E-state index is 13.2. The molecule has 94 valence electrons. The molecule has 0 radical (unpaired) electrons. The third-order valence-electron chi connectivity index (χ3n) is 2.11. The van der Waals surface area contributed by atoms with Crippen molar-refractivity contribution in [2.75, 3.05) is 6.61 Å². The zero-order valence-electron chi connectivity index (χ0n) is 8.38. The number of nitro benzene ring substituents is 1. The molecule has 0 fully saturated rings. The molecule has 1 aromatic carbocycles. The van der Waals surface area contributed by atoms with Crippen molar-refractivity contribution >= 4 is 5.69 Å².